The summed E-state index contributed by atoms with van der Waals surface area (Å²) in [5, 5.41) is 18.9. The van der Waals surface area contributed by atoms with Crippen molar-refractivity contribution in [2.24, 2.45) is 0 Å². The number of halogens is 3. The molecule has 138 valence electrons. The van der Waals surface area contributed by atoms with Crippen molar-refractivity contribution in [3.05, 3.63) is 31.3 Å². The Hall–Kier alpha value is -2.14. The predicted octanol–water partition coefficient (Wildman–Crippen LogP) is 1.95. The number of carboxylic acid groups (broad SMARTS) is 1. The number of aromatic nitrogens is 2. The Bertz CT molecular complexity index is 939. The van der Waals surface area contributed by atoms with Gasteiger partial charge in [-0.1, -0.05) is 0 Å². The Morgan fingerprint density at radius 3 is 2.32 bits per heavy atom. The topological polar surface area (TPSA) is 102 Å². The molecule has 25 heavy (non-hydrogen) atoms. The van der Waals surface area contributed by atoms with Crippen molar-refractivity contribution in [3.8, 4) is 0 Å². The molecule has 11 heteroatoms. The fourth-order valence-corrected chi connectivity index (χ4v) is 3.80. The fourth-order valence-electron chi connectivity index (χ4n) is 2.55. The highest BCUT2D eigenvalue weighted by atomic mass is 32.1. The standard InChI is InChI=1S/C14H15F3N2O5S/c1-3-18-10(21)8-7(6(2)20)9(12(22)23)25-11(8)19(13(18)24)5-4-14(15,16)17/h6,20H,3-5H2,1-2H3,(H,22,23). The van der Waals surface area contributed by atoms with Crippen molar-refractivity contribution in [3.63, 3.8) is 0 Å². The molecule has 2 rings (SSSR count). The molecule has 1 atom stereocenters. The van der Waals surface area contributed by atoms with Gasteiger partial charge in [0.05, 0.1) is 17.9 Å². The summed E-state index contributed by atoms with van der Waals surface area (Å²) in [5.74, 6) is -1.44. The molecule has 0 aromatic carbocycles. The highest BCUT2D eigenvalue weighted by Gasteiger charge is 2.30. The number of hydrogen-bond donors (Lipinski definition) is 2. The molecule has 0 saturated heterocycles. The molecule has 0 aliphatic heterocycles. The van der Waals surface area contributed by atoms with Crippen molar-refractivity contribution in [1.29, 1.82) is 0 Å². The first kappa shape index (κ1) is 19.2. The lowest BCUT2D eigenvalue weighted by Crippen LogP contribution is -2.40. The molecule has 0 radical (unpaired) electrons. The van der Waals surface area contributed by atoms with Crippen LogP contribution in [0.25, 0.3) is 10.2 Å². The molecular formula is C14H15F3N2O5S. The van der Waals surface area contributed by atoms with Gasteiger partial charge in [0.25, 0.3) is 5.56 Å². The van der Waals surface area contributed by atoms with Crippen LogP contribution < -0.4 is 11.2 Å². The predicted molar refractivity (Wildman–Crippen MR) is 84.3 cm³/mol. The van der Waals surface area contributed by atoms with Crippen LogP contribution in [0.5, 0.6) is 0 Å². The minimum Gasteiger partial charge on any atom is -0.477 e. The van der Waals surface area contributed by atoms with E-state index in [1.54, 1.807) is 0 Å². The van der Waals surface area contributed by atoms with Crippen LogP contribution in [0.1, 0.15) is 41.6 Å². The lowest BCUT2D eigenvalue weighted by molar-refractivity contribution is -0.136. The first-order valence-electron chi connectivity index (χ1n) is 7.27. The van der Waals surface area contributed by atoms with E-state index in [1.807, 2.05) is 0 Å². The summed E-state index contributed by atoms with van der Waals surface area (Å²) >= 11 is 0.508. The molecule has 2 N–H and O–H groups in total. The van der Waals surface area contributed by atoms with Crippen molar-refractivity contribution >= 4 is 27.5 Å². The Balaban J connectivity index is 2.93. The number of aliphatic hydroxyl groups is 1. The van der Waals surface area contributed by atoms with Gasteiger partial charge < -0.3 is 10.2 Å². The number of fused-ring (bicyclic) bond motifs is 1. The van der Waals surface area contributed by atoms with Gasteiger partial charge in [0.2, 0.25) is 0 Å². The quantitative estimate of drug-likeness (QED) is 0.826. The molecule has 2 aromatic heterocycles. The number of aryl methyl sites for hydroxylation is 1. The number of nitrogens with zero attached hydrogens (tertiary/aromatic N) is 2. The van der Waals surface area contributed by atoms with Gasteiger partial charge in [-0.15, -0.1) is 11.3 Å². The first-order chi connectivity index (χ1) is 11.5. The molecule has 0 bridgehead atoms. The largest absolute Gasteiger partial charge is 0.477 e. The second-order valence-corrected chi connectivity index (χ2v) is 6.35. The van der Waals surface area contributed by atoms with Crippen LogP contribution in [0, 0.1) is 0 Å². The summed E-state index contributed by atoms with van der Waals surface area (Å²) in [6.45, 7) is 1.86. The Labute approximate surface area is 142 Å². The Morgan fingerprint density at radius 1 is 1.28 bits per heavy atom. The maximum absolute atomic E-state index is 12.6. The zero-order valence-electron chi connectivity index (χ0n) is 13.3. The second kappa shape index (κ2) is 6.64. The molecule has 0 aliphatic rings. The van der Waals surface area contributed by atoms with Gasteiger partial charge in [0.15, 0.2) is 0 Å². The van der Waals surface area contributed by atoms with Crippen LogP contribution in [0.4, 0.5) is 13.2 Å². The van der Waals surface area contributed by atoms with E-state index in [-0.39, 0.29) is 27.2 Å². The van der Waals surface area contributed by atoms with Crippen LogP contribution in [0.15, 0.2) is 9.59 Å². The Kier molecular flexibility index (Phi) is 5.09. The van der Waals surface area contributed by atoms with Gasteiger partial charge in [0, 0.05) is 18.7 Å². The van der Waals surface area contributed by atoms with Gasteiger partial charge in [-0.25, -0.2) is 9.59 Å². The summed E-state index contributed by atoms with van der Waals surface area (Å²) < 4.78 is 39.2. The molecule has 0 spiro atoms. The molecule has 2 aromatic rings. The number of hydrogen-bond acceptors (Lipinski definition) is 5. The van der Waals surface area contributed by atoms with Crippen molar-refractivity contribution in [2.45, 2.75) is 45.6 Å². The van der Waals surface area contributed by atoms with E-state index < -0.39 is 42.5 Å². The number of thiophene rings is 1. The summed E-state index contributed by atoms with van der Waals surface area (Å²) in [7, 11) is 0. The van der Waals surface area contributed by atoms with Crippen LogP contribution >= 0.6 is 11.3 Å². The lowest BCUT2D eigenvalue weighted by atomic mass is 10.1. The molecular weight excluding hydrogens is 365 g/mol. The fraction of sp³-hybridized carbons (Fsp3) is 0.500. The molecule has 0 saturated carbocycles. The first-order valence-corrected chi connectivity index (χ1v) is 8.09. The average Bonchev–Trinajstić information content (AvgIpc) is 2.87. The van der Waals surface area contributed by atoms with Crippen LogP contribution in [-0.2, 0) is 13.1 Å². The van der Waals surface area contributed by atoms with E-state index in [0.29, 0.717) is 11.3 Å². The highest BCUT2D eigenvalue weighted by Crippen LogP contribution is 2.33. The van der Waals surface area contributed by atoms with Crippen molar-refractivity contribution in [1.82, 2.24) is 9.13 Å². The zero-order valence-corrected chi connectivity index (χ0v) is 14.1. The second-order valence-electron chi connectivity index (χ2n) is 5.35. The molecule has 1 unspecified atom stereocenters. The van der Waals surface area contributed by atoms with Crippen molar-refractivity contribution in [2.75, 3.05) is 0 Å². The average molecular weight is 380 g/mol. The third kappa shape index (κ3) is 3.47. The number of aliphatic hydroxyl groups excluding tert-OH is 1. The van der Waals surface area contributed by atoms with Crippen LogP contribution in [0.2, 0.25) is 0 Å². The molecule has 0 aliphatic carbocycles. The van der Waals surface area contributed by atoms with E-state index in [1.165, 1.54) is 13.8 Å². The molecule has 0 fully saturated rings. The lowest BCUT2D eigenvalue weighted by Gasteiger charge is -2.13. The number of carbonyl (C=O) groups is 1. The van der Waals surface area contributed by atoms with E-state index in [4.69, 9.17) is 0 Å². The highest BCUT2D eigenvalue weighted by molar-refractivity contribution is 7.20. The molecule has 7 nitrogen and oxygen atoms in total. The minimum absolute atomic E-state index is 0.100. The van der Waals surface area contributed by atoms with Gasteiger partial charge in [-0.05, 0) is 13.8 Å². The summed E-state index contributed by atoms with van der Waals surface area (Å²) in [4.78, 5) is 35.7. The van der Waals surface area contributed by atoms with E-state index >= 15 is 0 Å². The number of alkyl halides is 3. The van der Waals surface area contributed by atoms with Crippen LogP contribution in [0.3, 0.4) is 0 Å². The summed E-state index contributed by atoms with van der Waals surface area (Å²) in [5.41, 5.74) is -1.97. The van der Waals surface area contributed by atoms with Gasteiger partial charge >= 0.3 is 17.8 Å². The van der Waals surface area contributed by atoms with E-state index in [9.17, 15) is 37.8 Å². The van der Waals surface area contributed by atoms with Gasteiger partial charge in [-0.3, -0.25) is 13.9 Å². The van der Waals surface area contributed by atoms with Crippen molar-refractivity contribution < 1.29 is 28.2 Å². The van der Waals surface area contributed by atoms with E-state index in [2.05, 4.69) is 0 Å². The number of carboxylic acids is 1. The van der Waals surface area contributed by atoms with E-state index in [0.717, 1.165) is 9.13 Å². The molecule has 2 heterocycles. The summed E-state index contributed by atoms with van der Waals surface area (Å²) in [6, 6.07) is 0. The molecule has 0 amide bonds. The normalized spacial score (nSPS) is 13.4. The van der Waals surface area contributed by atoms with Crippen LogP contribution in [-0.4, -0.2) is 31.5 Å². The zero-order chi connectivity index (χ0) is 19.1. The summed E-state index contributed by atoms with van der Waals surface area (Å²) in [6.07, 6.45) is -7.18. The number of aromatic carboxylic acids is 1. The maximum atomic E-state index is 12.6. The minimum atomic E-state index is -4.53. The third-order valence-electron chi connectivity index (χ3n) is 3.64. The van der Waals surface area contributed by atoms with Gasteiger partial charge in [0.1, 0.15) is 9.71 Å². The smallest absolute Gasteiger partial charge is 0.390 e. The Morgan fingerprint density at radius 2 is 1.88 bits per heavy atom. The number of rotatable bonds is 5. The monoisotopic (exact) mass is 380 g/mol. The third-order valence-corrected chi connectivity index (χ3v) is 4.86. The van der Waals surface area contributed by atoms with Gasteiger partial charge in [-0.2, -0.15) is 13.2 Å². The maximum Gasteiger partial charge on any atom is 0.390 e. The SMILES string of the molecule is CCn1c(=O)c2c(C(C)O)c(C(=O)O)sc2n(CCC(F)(F)F)c1=O.